The zero-order valence-electron chi connectivity index (χ0n) is 27.2. The lowest BCUT2D eigenvalue weighted by atomic mass is 10.1. The van der Waals surface area contributed by atoms with E-state index in [0.29, 0.717) is 27.0 Å². The number of methoxy groups -OCH3 is 1. The molecule has 6 aromatic rings. The van der Waals surface area contributed by atoms with Crippen molar-refractivity contribution < 1.29 is 19.1 Å². The number of nitrogens with one attached hydrogen (secondary N) is 3. The molecular weight excluding hydrogens is 700 g/mol. The first kappa shape index (κ1) is 35.2. The molecule has 0 aliphatic heterocycles. The van der Waals surface area contributed by atoms with E-state index in [1.165, 1.54) is 23.1 Å². The van der Waals surface area contributed by atoms with Crippen LogP contribution in [-0.2, 0) is 9.59 Å². The maximum atomic E-state index is 13.7. The van der Waals surface area contributed by atoms with Crippen molar-refractivity contribution in [1.82, 2.24) is 10.3 Å². The van der Waals surface area contributed by atoms with Crippen molar-refractivity contribution in [2.24, 2.45) is 0 Å². The van der Waals surface area contributed by atoms with Gasteiger partial charge in [0, 0.05) is 32.1 Å². The summed E-state index contributed by atoms with van der Waals surface area (Å²) in [5.41, 5.74) is 4.05. The van der Waals surface area contributed by atoms with E-state index < -0.39 is 17.1 Å². The Labute approximate surface area is 308 Å². The van der Waals surface area contributed by atoms with Gasteiger partial charge in [-0.1, -0.05) is 84.4 Å². The lowest BCUT2D eigenvalue weighted by Crippen LogP contribution is -2.30. The van der Waals surface area contributed by atoms with Crippen LogP contribution in [0.5, 0.6) is 5.75 Å². The van der Waals surface area contributed by atoms with Crippen molar-refractivity contribution in [2.75, 3.05) is 17.7 Å². The third-order valence-electron chi connectivity index (χ3n) is 7.49. The van der Waals surface area contributed by atoms with Gasteiger partial charge in [0.2, 0.25) is 5.91 Å². The van der Waals surface area contributed by atoms with Gasteiger partial charge >= 0.3 is 0 Å². The quantitative estimate of drug-likeness (QED) is 0.0856. The Morgan fingerprint density at radius 1 is 0.824 bits per heavy atom. The zero-order valence-corrected chi connectivity index (χ0v) is 29.6. The maximum Gasteiger partial charge on any atom is 0.272 e. The number of anilines is 2. The molecule has 3 N–H and O–H groups in total. The summed E-state index contributed by atoms with van der Waals surface area (Å²) in [6, 6.07) is 39.9. The molecule has 1 heterocycles. The van der Waals surface area contributed by atoms with Crippen molar-refractivity contribution >= 4 is 69.3 Å². The molecule has 254 valence electrons. The molecule has 1 unspecified atom stereocenters. The predicted molar refractivity (Wildman–Crippen MR) is 206 cm³/mol. The number of halogens is 1. The Morgan fingerprint density at radius 3 is 2.27 bits per heavy atom. The van der Waals surface area contributed by atoms with Crippen LogP contribution in [0.25, 0.3) is 17.3 Å². The number of carbonyl (C=O) groups excluding carboxylic acids is 3. The second-order valence-corrected chi connectivity index (χ2v) is 13.6. The summed E-state index contributed by atoms with van der Waals surface area (Å²) < 4.78 is 5.34. The van der Waals surface area contributed by atoms with Crippen molar-refractivity contribution in [3.05, 3.63) is 166 Å². The minimum Gasteiger partial charge on any atom is -0.497 e. The Balaban J connectivity index is 1.17. The summed E-state index contributed by atoms with van der Waals surface area (Å²) in [5, 5.41) is 10.9. The van der Waals surface area contributed by atoms with Gasteiger partial charge in [0.05, 0.1) is 12.8 Å². The van der Waals surface area contributed by atoms with E-state index in [9.17, 15) is 14.4 Å². The number of thioether (sulfide) groups is 1. The molecule has 0 fully saturated rings. The van der Waals surface area contributed by atoms with Crippen LogP contribution in [0.1, 0.15) is 26.7 Å². The number of hydrogen-bond donors (Lipinski definition) is 3. The van der Waals surface area contributed by atoms with Crippen molar-refractivity contribution in [2.45, 2.75) is 10.1 Å². The molecule has 0 spiro atoms. The van der Waals surface area contributed by atoms with E-state index in [2.05, 4.69) is 20.9 Å². The average molecular weight is 731 g/mol. The number of benzene rings is 5. The van der Waals surface area contributed by atoms with Crippen molar-refractivity contribution in [3.63, 3.8) is 0 Å². The highest BCUT2D eigenvalue weighted by Gasteiger charge is 2.24. The van der Waals surface area contributed by atoms with Crippen LogP contribution in [0.15, 0.2) is 149 Å². The molecule has 8 nitrogen and oxygen atoms in total. The zero-order chi connectivity index (χ0) is 35.6. The van der Waals surface area contributed by atoms with Crippen molar-refractivity contribution in [1.29, 1.82) is 0 Å². The SMILES string of the molecule is COc1cccc(-c2csc(NC(=O)C(Sc3ccc(NC(=O)/C(=C/c4cccc(Cl)c4)NC(=O)c4ccccc4)cc3)c3ccccc3)n2)c1. The smallest absolute Gasteiger partial charge is 0.272 e. The lowest BCUT2D eigenvalue weighted by molar-refractivity contribution is -0.116. The van der Waals surface area contributed by atoms with E-state index in [0.717, 1.165) is 27.5 Å². The fourth-order valence-corrected chi connectivity index (χ4v) is 6.92. The summed E-state index contributed by atoms with van der Waals surface area (Å²) in [4.78, 5) is 45.7. The number of thiazole rings is 1. The van der Waals surface area contributed by atoms with Crippen LogP contribution in [0.2, 0.25) is 5.02 Å². The Kier molecular flexibility index (Phi) is 11.6. The van der Waals surface area contributed by atoms with E-state index in [-0.39, 0.29) is 11.6 Å². The summed E-state index contributed by atoms with van der Waals surface area (Å²) in [7, 11) is 1.61. The molecule has 0 saturated heterocycles. The van der Waals surface area contributed by atoms with Gasteiger partial charge < -0.3 is 20.7 Å². The Bertz CT molecular complexity index is 2170. The molecule has 0 bridgehead atoms. The largest absolute Gasteiger partial charge is 0.497 e. The molecule has 5 aromatic carbocycles. The first-order valence-electron chi connectivity index (χ1n) is 15.7. The molecule has 11 heteroatoms. The Morgan fingerprint density at radius 2 is 1.55 bits per heavy atom. The van der Waals surface area contributed by atoms with E-state index >= 15 is 0 Å². The number of ether oxygens (including phenoxy) is 1. The fraction of sp³-hybridized carbons (Fsp3) is 0.0500. The van der Waals surface area contributed by atoms with Gasteiger partial charge in [-0.15, -0.1) is 23.1 Å². The predicted octanol–water partition coefficient (Wildman–Crippen LogP) is 9.35. The van der Waals surface area contributed by atoms with Gasteiger partial charge in [-0.3, -0.25) is 14.4 Å². The summed E-state index contributed by atoms with van der Waals surface area (Å²) in [5.74, 6) is -0.440. The van der Waals surface area contributed by atoms with Crippen LogP contribution < -0.4 is 20.7 Å². The van der Waals surface area contributed by atoms with Crippen LogP contribution in [0, 0.1) is 0 Å². The Hall–Kier alpha value is -5.68. The number of hydrogen-bond acceptors (Lipinski definition) is 7. The average Bonchev–Trinajstić information content (AvgIpc) is 3.63. The number of carbonyl (C=O) groups is 3. The molecule has 3 amide bonds. The maximum absolute atomic E-state index is 13.7. The summed E-state index contributed by atoms with van der Waals surface area (Å²) >= 11 is 8.89. The van der Waals surface area contributed by atoms with E-state index in [1.807, 2.05) is 78.2 Å². The topological polar surface area (TPSA) is 109 Å². The monoisotopic (exact) mass is 730 g/mol. The minimum absolute atomic E-state index is 0.0436. The van der Waals surface area contributed by atoms with Gasteiger partial charge in [-0.05, 0) is 77.9 Å². The first-order chi connectivity index (χ1) is 24.8. The molecule has 1 atom stereocenters. The second kappa shape index (κ2) is 16.8. The standard InChI is InChI=1S/C40H31ClN4O4S2/c1-49-32-17-9-15-29(24-32)35-25-50-40(44-35)45-39(48)36(27-11-4-2-5-12-27)51-33-20-18-31(19-21-33)42-38(47)34(23-26-10-8-16-30(41)22-26)43-37(46)28-13-6-3-7-14-28/h2-25,36H,1H3,(H,42,47)(H,43,46)(H,44,45,48)/b34-23-. The van der Waals surface area contributed by atoms with Gasteiger partial charge in [0.25, 0.3) is 11.8 Å². The third kappa shape index (κ3) is 9.52. The van der Waals surface area contributed by atoms with Gasteiger partial charge in [0.15, 0.2) is 5.13 Å². The van der Waals surface area contributed by atoms with Gasteiger partial charge in [0.1, 0.15) is 16.7 Å². The van der Waals surface area contributed by atoms with Gasteiger partial charge in [-0.25, -0.2) is 4.98 Å². The first-order valence-corrected chi connectivity index (χ1v) is 17.9. The van der Waals surface area contributed by atoms with Crippen molar-refractivity contribution in [3.8, 4) is 17.0 Å². The third-order valence-corrected chi connectivity index (χ3v) is 9.75. The minimum atomic E-state index is -0.587. The van der Waals surface area contributed by atoms with E-state index in [4.69, 9.17) is 16.3 Å². The number of nitrogens with zero attached hydrogens (tertiary/aromatic N) is 1. The number of rotatable bonds is 12. The highest BCUT2D eigenvalue weighted by Crippen LogP contribution is 2.37. The molecule has 1 aromatic heterocycles. The summed E-state index contributed by atoms with van der Waals surface area (Å²) in [6.45, 7) is 0. The molecule has 51 heavy (non-hydrogen) atoms. The normalized spacial score (nSPS) is 11.7. The van der Waals surface area contributed by atoms with Crippen LogP contribution in [0.3, 0.4) is 0 Å². The molecule has 0 radical (unpaired) electrons. The molecule has 6 rings (SSSR count). The fourth-order valence-electron chi connectivity index (χ4n) is 4.97. The number of aromatic nitrogens is 1. The highest BCUT2D eigenvalue weighted by molar-refractivity contribution is 8.00. The van der Waals surface area contributed by atoms with Crippen LogP contribution >= 0.6 is 34.7 Å². The van der Waals surface area contributed by atoms with Crippen LogP contribution in [0.4, 0.5) is 10.8 Å². The molecule has 0 saturated carbocycles. The van der Waals surface area contributed by atoms with Crippen LogP contribution in [-0.4, -0.2) is 29.8 Å². The molecular formula is C40H31ClN4O4S2. The molecule has 0 aliphatic carbocycles. The summed E-state index contributed by atoms with van der Waals surface area (Å²) in [6.07, 6.45) is 1.57. The van der Waals surface area contributed by atoms with E-state index in [1.54, 1.807) is 73.8 Å². The van der Waals surface area contributed by atoms with Gasteiger partial charge in [-0.2, -0.15) is 0 Å². The molecule has 0 aliphatic rings. The number of amides is 3. The highest BCUT2D eigenvalue weighted by atomic mass is 35.5. The lowest BCUT2D eigenvalue weighted by Gasteiger charge is -2.17. The second-order valence-electron chi connectivity index (χ2n) is 11.1.